The van der Waals surface area contributed by atoms with Crippen LogP contribution in [0.3, 0.4) is 0 Å². The van der Waals surface area contributed by atoms with Gasteiger partial charge in [-0.25, -0.2) is 14.6 Å². The van der Waals surface area contributed by atoms with Gasteiger partial charge < -0.3 is 38.8 Å². The zero-order valence-corrected chi connectivity index (χ0v) is 26.4. The van der Waals surface area contributed by atoms with Gasteiger partial charge in [0.2, 0.25) is 5.88 Å². The number of hydrogen-bond acceptors (Lipinski definition) is 12. The van der Waals surface area contributed by atoms with Crippen molar-refractivity contribution in [2.75, 3.05) is 65.4 Å². The molecular formula is C29H42N5O9P. The molecule has 1 unspecified atom stereocenters. The Balaban J connectivity index is 1.85. The lowest BCUT2D eigenvalue weighted by molar-refractivity contribution is -0.140. The van der Waals surface area contributed by atoms with E-state index in [1.807, 2.05) is 6.07 Å². The van der Waals surface area contributed by atoms with Crippen molar-refractivity contribution >= 4 is 25.6 Å². The second-order valence-electron chi connectivity index (χ2n) is 9.67. The number of nitrogens with zero attached hydrogens (tertiary/aromatic N) is 3. The van der Waals surface area contributed by atoms with Gasteiger partial charge in [0.05, 0.1) is 26.0 Å². The molecule has 0 saturated carbocycles. The van der Waals surface area contributed by atoms with Crippen molar-refractivity contribution in [2.24, 2.45) is 0 Å². The number of ether oxygens (including phenoxy) is 3. The summed E-state index contributed by atoms with van der Waals surface area (Å²) in [6.45, 7) is 8.25. The number of nitrogens with one attached hydrogen (secondary N) is 2. The van der Waals surface area contributed by atoms with E-state index in [9.17, 15) is 18.9 Å². The van der Waals surface area contributed by atoms with Crippen LogP contribution >= 0.6 is 7.60 Å². The quantitative estimate of drug-likeness (QED) is 0.113. The molecule has 2 amide bonds. The van der Waals surface area contributed by atoms with Crippen LogP contribution in [0.2, 0.25) is 0 Å². The van der Waals surface area contributed by atoms with Crippen molar-refractivity contribution in [2.45, 2.75) is 39.7 Å². The molecule has 1 atom stereocenters. The Morgan fingerprint density at radius 3 is 2.36 bits per heavy atom. The number of hydrogen-bond donors (Lipinski definition) is 2. The van der Waals surface area contributed by atoms with E-state index in [4.69, 9.17) is 23.3 Å². The van der Waals surface area contributed by atoms with Crippen LogP contribution in [0.5, 0.6) is 5.88 Å². The maximum Gasteiger partial charge on any atom is 0.417 e. The van der Waals surface area contributed by atoms with E-state index in [1.165, 1.54) is 11.0 Å². The number of piperazine rings is 1. The molecule has 1 aromatic carbocycles. The predicted molar refractivity (Wildman–Crippen MR) is 162 cm³/mol. The zero-order valence-electron chi connectivity index (χ0n) is 25.5. The van der Waals surface area contributed by atoms with E-state index in [0.717, 1.165) is 12.8 Å². The molecule has 14 nitrogen and oxygen atoms in total. The molecule has 1 aliphatic rings. The lowest BCUT2D eigenvalue weighted by atomic mass is 10.2. The summed E-state index contributed by atoms with van der Waals surface area (Å²) >= 11 is 0. The second kappa shape index (κ2) is 18.4. The highest BCUT2D eigenvalue weighted by atomic mass is 31.2. The van der Waals surface area contributed by atoms with Gasteiger partial charge in [-0.3, -0.25) is 9.36 Å². The van der Waals surface area contributed by atoms with Crippen molar-refractivity contribution in [3.8, 4) is 17.3 Å². The first-order chi connectivity index (χ1) is 21.3. The molecule has 2 N–H and O–H groups in total. The van der Waals surface area contributed by atoms with Crippen LogP contribution in [0.15, 0.2) is 36.4 Å². The van der Waals surface area contributed by atoms with E-state index >= 15 is 0 Å². The van der Waals surface area contributed by atoms with Gasteiger partial charge in [0, 0.05) is 44.4 Å². The third-order valence-electron chi connectivity index (χ3n) is 6.30. The highest BCUT2D eigenvalue weighted by molar-refractivity contribution is 7.54. The number of esters is 1. The minimum absolute atomic E-state index is 0.0297. The van der Waals surface area contributed by atoms with E-state index in [0.29, 0.717) is 45.0 Å². The average molecular weight is 636 g/mol. The summed E-state index contributed by atoms with van der Waals surface area (Å²) in [7, 11) is -3.87. The summed E-state index contributed by atoms with van der Waals surface area (Å²) < 4.78 is 40.5. The van der Waals surface area contributed by atoms with Gasteiger partial charge in [-0.2, -0.15) is 4.98 Å². The highest BCUT2D eigenvalue weighted by Gasteiger charge is 2.37. The Bertz CT molecular complexity index is 1250. The summed E-state index contributed by atoms with van der Waals surface area (Å²) in [5.41, 5.74) is 0.496. The number of carbonyl (C=O) groups is 3. The maximum absolute atomic E-state index is 13.6. The Kier molecular flexibility index (Phi) is 14.7. The van der Waals surface area contributed by atoms with Crippen LogP contribution < -0.4 is 15.4 Å². The summed E-state index contributed by atoms with van der Waals surface area (Å²) in [6.07, 6.45) is 0.501. The lowest BCUT2D eigenvalue weighted by Gasteiger charge is -2.27. The smallest absolute Gasteiger partial charge is 0.417 e. The first-order valence-corrected chi connectivity index (χ1v) is 16.6. The van der Waals surface area contributed by atoms with E-state index < -0.39 is 37.8 Å². The fraction of sp³-hybridized carbons (Fsp3) is 0.552. The Hall–Kier alpha value is -3.42. The molecule has 1 fully saturated rings. The van der Waals surface area contributed by atoms with Crippen LogP contribution in [0, 0.1) is 0 Å². The van der Waals surface area contributed by atoms with Crippen molar-refractivity contribution in [3.63, 3.8) is 0 Å². The third-order valence-corrected chi connectivity index (χ3v) is 8.41. The van der Waals surface area contributed by atoms with Gasteiger partial charge in [0.1, 0.15) is 18.3 Å². The Morgan fingerprint density at radius 1 is 1.00 bits per heavy atom. The number of aromatic nitrogens is 2. The molecule has 44 heavy (non-hydrogen) atoms. The van der Waals surface area contributed by atoms with Crippen LogP contribution in [0.1, 0.15) is 44.1 Å². The molecular weight excluding hydrogens is 593 g/mol. The third kappa shape index (κ3) is 11.3. The number of rotatable bonds is 17. The maximum atomic E-state index is 13.6. The molecule has 1 aromatic heterocycles. The molecule has 0 aliphatic carbocycles. The van der Waals surface area contributed by atoms with Crippen molar-refractivity contribution in [1.29, 1.82) is 0 Å². The fourth-order valence-corrected chi connectivity index (χ4v) is 5.89. The molecule has 1 saturated heterocycles. The molecule has 0 spiro atoms. The van der Waals surface area contributed by atoms with Gasteiger partial charge in [-0.1, -0.05) is 43.7 Å². The minimum atomic E-state index is -3.87. The largest absolute Gasteiger partial charge is 0.475 e. The Labute approximate surface area is 257 Å². The summed E-state index contributed by atoms with van der Waals surface area (Å²) in [4.78, 5) is 49.7. The van der Waals surface area contributed by atoms with Crippen LogP contribution in [-0.2, 0) is 27.9 Å². The molecule has 0 radical (unpaired) electrons. The molecule has 3 rings (SSSR count). The predicted octanol–water partition coefficient (Wildman–Crippen LogP) is 3.27. The molecule has 242 valence electrons. The Morgan fingerprint density at radius 2 is 1.70 bits per heavy atom. The fourth-order valence-electron chi connectivity index (χ4n) is 4.13. The highest BCUT2D eigenvalue weighted by Crippen LogP contribution is 2.48. The number of unbranched alkanes of at least 4 members (excludes halogenated alkanes) is 1. The van der Waals surface area contributed by atoms with Crippen molar-refractivity contribution < 1.29 is 42.2 Å². The van der Waals surface area contributed by atoms with Crippen molar-refractivity contribution in [3.05, 3.63) is 42.1 Å². The van der Waals surface area contributed by atoms with E-state index in [-0.39, 0.29) is 37.2 Å². The van der Waals surface area contributed by atoms with Gasteiger partial charge in [0.25, 0.3) is 5.91 Å². The number of carbonyl (C=O) groups excluding carboxylic acids is 3. The van der Waals surface area contributed by atoms with Gasteiger partial charge in [-0.05, 0) is 20.3 Å². The first kappa shape index (κ1) is 35.1. The second-order valence-corrected chi connectivity index (χ2v) is 11.8. The standard InChI is InChI=1S/C29H42N5O9P/c1-4-7-17-39-18-19-40-25-20-23(31-26(33-25)22-11-9-8-10-12-22)27(35)32-24(21-44(38,41-5-2)42-6-3)28(36)43-29(37)34-15-13-30-14-16-34/h8-12,20,24,30H,4-7,13-19,21H2,1-3H3,(H,32,35). The zero-order chi connectivity index (χ0) is 31.8. The topological polar surface area (TPSA) is 168 Å². The van der Waals surface area contributed by atoms with E-state index in [2.05, 4.69) is 27.5 Å². The van der Waals surface area contributed by atoms with Gasteiger partial charge in [-0.15, -0.1) is 0 Å². The number of amides is 2. The van der Waals surface area contributed by atoms with Crippen LogP contribution in [0.4, 0.5) is 4.79 Å². The summed E-state index contributed by atoms with van der Waals surface area (Å²) in [6, 6.07) is 8.74. The summed E-state index contributed by atoms with van der Waals surface area (Å²) in [5.74, 6) is -1.60. The lowest BCUT2D eigenvalue weighted by Crippen LogP contribution is -2.50. The normalized spacial score (nSPS) is 14.1. The SMILES string of the molecule is CCCCOCCOc1cc(C(=O)NC(CP(=O)(OCC)OCC)C(=O)OC(=O)N2CCNCC2)nc(-c2ccccc2)n1. The average Bonchev–Trinajstić information content (AvgIpc) is 3.03. The monoisotopic (exact) mass is 635 g/mol. The minimum Gasteiger partial charge on any atom is -0.475 e. The summed E-state index contributed by atoms with van der Waals surface area (Å²) in [5, 5.41) is 5.61. The molecule has 15 heteroatoms. The van der Waals surface area contributed by atoms with Gasteiger partial charge in [0.15, 0.2) is 5.82 Å². The van der Waals surface area contributed by atoms with Crippen LogP contribution in [-0.4, -0.2) is 104 Å². The van der Waals surface area contributed by atoms with E-state index in [1.54, 1.807) is 38.1 Å². The number of benzene rings is 1. The molecule has 1 aliphatic heterocycles. The van der Waals surface area contributed by atoms with Gasteiger partial charge >= 0.3 is 19.7 Å². The molecule has 2 aromatic rings. The first-order valence-electron chi connectivity index (χ1n) is 14.8. The van der Waals surface area contributed by atoms with Crippen LogP contribution in [0.25, 0.3) is 11.4 Å². The van der Waals surface area contributed by atoms with Crippen molar-refractivity contribution in [1.82, 2.24) is 25.5 Å². The molecule has 2 heterocycles. The molecule has 0 bridgehead atoms.